The Morgan fingerprint density at radius 2 is 1.55 bits per heavy atom. The van der Waals surface area contributed by atoms with Crippen molar-refractivity contribution in [3.05, 3.63) is 73.8 Å². The van der Waals surface area contributed by atoms with Gasteiger partial charge < -0.3 is 4.52 Å². The van der Waals surface area contributed by atoms with Crippen LogP contribution in [-0.4, -0.2) is 17.8 Å². The average Bonchev–Trinajstić information content (AvgIpc) is 2.55. The first-order chi connectivity index (χ1) is 10.7. The maximum atomic E-state index is 13.7. The third kappa shape index (κ3) is 2.33. The van der Waals surface area contributed by atoms with E-state index in [2.05, 4.69) is 13.2 Å². The van der Waals surface area contributed by atoms with Crippen LogP contribution in [0.1, 0.15) is 0 Å². The highest BCUT2D eigenvalue weighted by Gasteiger charge is 2.40. The SMILES string of the molecule is C=CCN(CC=C)P1(=O)Oc2ccccc2-c2ccccc21. The van der Waals surface area contributed by atoms with Crippen LogP contribution in [0.25, 0.3) is 11.1 Å². The monoisotopic (exact) mass is 311 g/mol. The van der Waals surface area contributed by atoms with Crippen molar-refractivity contribution in [1.29, 1.82) is 0 Å². The average molecular weight is 311 g/mol. The van der Waals surface area contributed by atoms with Crippen LogP contribution in [0.3, 0.4) is 0 Å². The lowest BCUT2D eigenvalue weighted by atomic mass is 10.0. The number of para-hydroxylation sites is 1. The van der Waals surface area contributed by atoms with Gasteiger partial charge in [0.2, 0.25) is 0 Å². The smallest absolute Gasteiger partial charge is 0.350 e. The van der Waals surface area contributed by atoms with Crippen molar-refractivity contribution < 1.29 is 9.09 Å². The van der Waals surface area contributed by atoms with Gasteiger partial charge in [0.25, 0.3) is 0 Å². The minimum atomic E-state index is -3.19. The van der Waals surface area contributed by atoms with Crippen LogP contribution in [0.4, 0.5) is 0 Å². The van der Waals surface area contributed by atoms with E-state index in [1.54, 1.807) is 16.8 Å². The molecule has 1 aliphatic rings. The molecule has 0 bridgehead atoms. The Morgan fingerprint density at radius 3 is 2.23 bits per heavy atom. The van der Waals surface area contributed by atoms with Gasteiger partial charge in [-0.15, -0.1) is 13.2 Å². The lowest BCUT2D eigenvalue weighted by molar-refractivity contribution is 0.398. The Hall–Kier alpha value is -2.09. The summed E-state index contributed by atoms with van der Waals surface area (Å²) in [5, 5.41) is 0.734. The molecule has 0 saturated heterocycles. The van der Waals surface area contributed by atoms with Gasteiger partial charge in [0.15, 0.2) is 0 Å². The van der Waals surface area contributed by atoms with Gasteiger partial charge in [-0.1, -0.05) is 48.6 Å². The molecule has 0 N–H and O–H groups in total. The molecule has 3 rings (SSSR count). The van der Waals surface area contributed by atoms with E-state index in [0.717, 1.165) is 16.4 Å². The minimum absolute atomic E-state index is 0.472. The summed E-state index contributed by atoms with van der Waals surface area (Å²) in [7, 11) is -3.19. The van der Waals surface area contributed by atoms with E-state index in [1.165, 1.54) is 0 Å². The van der Waals surface area contributed by atoms with Crippen LogP contribution in [0.2, 0.25) is 0 Å². The molecule has 4 heteroatoms. The molecule has 0 spiro atoms. The van der Waals surface area contributed by atoms with Crippen LogP contribution >= 0.6 is 7.52 Å². The molecule has 3 nitrogen and oxygen atoms in total. The van der Waals surface area contributed by atoms with Gasteiger partial charge >= 0.3 is 7.52 Å². The zero-order valence-corrected chi connectivity index (χ0v) is 13.2. The van der Waals surface area contributed by atoms with Crippen LogP contribution in [0, 0.1) is 0 Å². The van der Waals surface area contributed by atoms with Crippen LogP contribution in [0.15, 0.2) is 73.8 Å². The van der Waals surface area contributed by atoms with Gasteiger partial charge in [-0.05, 0) is 12.1 Å². The fourth-order valence-corrected chi connectivity index (χ4v) is 5.08. The maximum Gasteiger partial charge on any atom is 0.350 e. The van der Waals surface area contributed by atoms with Crippen molar-refractivity contribution in [2.24, 2.45) is 0 Å². The zero-order valence-electron chi connectivity index (χ0n) is 12.3. The molecule has 0 radical (unpaired) electrons. The Bertz CT molecular complexity index is 759. The Morgan fingerprint density at radius 1 is 0.955 bits per heavy atom. The molecular weight excluding hydrogens is 293 g/mol. The molecule has 1 heterocycles. The normalized spacial score (nSPS) is 19.0. The molecule has 0 amide bonds. The predicted molar refractivity (Wildman–Crippen MR) is 91.7 cm³/mol. The highest BCUT2D eigenvalue weighted by atomic mass is 31.2. The number of fused-ring (bicyclic) bond motifs is 3. The van der Waals surface area contributed by atoms with Crippen molar-refractivity contribution >= 4 is 12.8 Å². The van der Waals surface area contributed by atoms with E-state index in [0.29, 0.717) is 18.8 Å². The zero-order chi connectivity index (χ0) is 15.6. The fraction of sp³-hybridized carbons (Fsp3) is 0.111. The van der Waals surface area contributed by atoms with E-state index < -0.39 is 7.52 Å². The van der Waals surface area contributed by atoms with Crippen LogP contribution in [-0.2, 0) is 4.57 Å². The molecule has 112 valence electrons. The van der Waals surface area contributed by atoms with E-state index in [1.807, 2.05) is 48.5 Å². The summed E-state index contributed by atoms with van der Waals surface area (Å²) in [6.45, 7) is 8.46. The van der Waals surface area contributed by atoms with Crippen molar-refractivity contribution in [2.75, 3.05) is 13.1 Å². The molecule has 0 saturated carbocycles. The molecular formula is C18H18NO2P. The number of benzene rings is 2. The molecule has 1 unspecified atom stereocenters. The molecule has 22 heavy (non-hydrogen) atoms. The predicted octanol–water partition coefficient (Wildman–Crippen LogP) is 4.24. The lowest BCUT2D eigenvalue weighted by Gasteiger charge is -2.35. The Labute approximate surface area is 131 Å². The molecule has 2 aromatic carbocycles. The third-order valence-corrected chi connectivity index (χ3v) is 6.17. The van der Waals surface area contributed by atoms with Gasteiger partial charge in [-0.2, -0.15) is 0 Å². The molecule has 0 aromatic heterocycles. The van der Waals surface area contributed by atoms with Gasteiger partial charge in [0, 0.05) is 24.2 Å². The van der Waals surface area contributed by atoms with E-state index in [4.69, 9.17) is 4.52 Å². The van der Waals surface area contributed by atoms with Gasteiger partial charge in [-0.3, -0.25) is 4.57 Å². The molecule has 1 atom stereocenters. The summed E-state index contributed by atoms with van der Waals surface area (Å²) in [6.07, 6.45) is 3.46. The quantitative estimate of drug-likeness (QED) is 0.611. The van der Waals surface area contributed by atoms with Crippen LogP contribution in [0.5, 0.6) is 5.75 Å². The molecule has 0 aliphatic carbocycles. The maximum absolute atomic E-state index is 13.7. The van der Waals surface area contributed by atoms with Crippen molar-refractivity contribution in [3.8, 4) is 16.9 Å². The van der Waals surface area contributed by atoms with E-state index >= 15 is 0 Å². The summed E-state index contributed by atoms with van der Waals surface area (Å²) in [6, 6.07) is 15.4. The summed E-state index contributed by atoms with van der Waals surface area (Å²) < 4.78 is 21.5. The number of rotatable bonds is 5. The number of hydrogen-bond acceptors (Lipinski definition) is 2. The van der Waals surface area contributed by atoms with Crippen molar-refractivity contribution in [3.63, 3.8) is 0 Å². The van der Waals surface area contributed by atoms with E-state index in [-0.39, 0.29) is 0 Å². The number of nitrogens with zero attached hydrogens (tertiary/aromatic N) is 1. The highest BCUT2D eigenvalue weighted by molar-refractivity contribution is 7.65. The van der Waals surface area contributed by atoms with Gasteiger partial charge in [0.05, 0.1) is 5.30 Å². The van der Waals surface area contributed by atoms with Crippen molar-refractivity contribution in [1.82, 2.24) is 4.67 Å². The Balaban J connectivity index is 2.20. The van der Waals surface area contributed by atoms with Gasteiger partial charge in [-0.25, -0.2) is 4.67 Å². The summed E-state index contributed by atoms with van der Waals surface area (Å²) in [4.78, 5) is 0. The standard InChI is InChI=1S/C18H18NO2P/c1-3-13-19(14-4-2)22(20)18-12-8-6-10-16(18)15-9-5-7-11-17(15)21-22/h3-12H,1-2,13-14H2. The summed E-state index contributed by atoms with van der Waals surface area (Å²) in [5.74, 6) is 0.655. The number of hydrogen-bond donors (Lipinski definition) is 0. The largest absolute Gasteiger partial charge is 0.429 e. The first-order valence-corrected chi connectivity index (χ1v) is 8.74. The lowest BCUT2D eigenvalue weighted by Crippen LogP contribution is -2.32. The second-order valence-electron chi connectivity index (χ2n) is 5.07. The minimum Gasteiger partial charge on any atom is -0.429 e. The summed E-state index contributed by atoms with van der Waals surface area (Å²) >= 11 is 0. The van der Waals surface area contributed by atoms with Crippen LogP contribution < -0.4 is 9.83 Å². The van der Waals surface area contributed by atoms with E-state index in [9.17, 15) is 4.57 Å². The highest BCUT2D eigenvalue weighted by Crippen LogP contribution is 2.56. The second-order valence-corrected chi connectivity index (χ2v) is 7.34. The Kier molecular flexibility index (Phi) is 4.02. The summed E-state index contributed by atoms with van der Waals surface area (Å²) in [5.41, 5.74) is 1.94. The molecule has 2 aromatic rings. The molecule has 1 aliphatic heterocycles. The molecule has 0 fully saturated rings. The first kappa shape index (κ1) is 14.8. The second kappa shape index (κ2) is 5.96. The van der Waals surface area contributed by atoms with Gasteiger partial charge in [0.1, 0.15) is 5.75 Å². The fourth-order valence-electron chi connectivity index (χ4n) is 2.70. The van der Waals surface area contributed by atoms with Crippen molar-refractivity contribution in [2.45, 2.75) is 0 Å². The topological polar surface area (TPSA) is 29.5 Å². The third-order valence-electron chi connectivity index (χ3n) is 3.66. The first-order valence-electron chi connectivity index (χ1n) is 7.16.